The van der Waals surface area contributed by atoms with Crippen LogP contribution in [0.4, 0.5) is 17.1 Å². The van der Waals surface area contributed by atoms with Gasteiger partial charge in [-0.15, -0.1) is 0 Å². The number of rotatable bonds is 9. The molecule has 0 aliphatic carbocycles. The highest BCUT2D eigenvalue weighted by molar-refractivity contribution is 7.93. The molecule has 12 heteroatoms. The Hall–Kier alpha value is -2.89. The van der Waals surface area contributed by atoms with Crippen LogP contribution in [-0.4, -0.2) is 47.5 Å². The van der Waals surface area contributed by atoms with Crippen LogP contribution in [0.5, 0.6) is 0 Å². The van der Waals surface area contributed by atoms with Gasteiger partial charge in [0.1, 0.15) is 12.3 Å². The number of benzene rings is 3. The third kappa shape index (κ3) is 7.80. The van der Waals surface area contributed by atoms with Crippen LogP contribution < -0.4 is 45.5 Å². The minimum atomic E-state index is -3.86. The number of hydrogen-bond donors (Lipinski definition) is 4. The Morgan fingerprint density at radius 1 is 0.919 bits per heavy atom. The molecule has 3 rings (SSSR count). The average molecular weight is 572 g/mol. The first-order valence-corrected chi connectivity index (χ1v) is 12.6. The van der Waals surface area contributed by atoms with Gasteiger partial charge < -0.3 is 45.5 Å². The zero-order valence-corrected chi connectivity index (χ0v) is 23.4. The fourth-order valence-electron chi connectivity index (χ4n) is 3.48. The summed E-state index contributed by atoms with van der Waals surface area (Å²) in [4.78, 5) is 25.2. The Morgan fingerprint density at radius 3 is 2.08 bits per heavy atom. The van der Waals surface area contributed by atoms with Crippen LogP contribution >= 0.6 is 0 Å². The molecule has 9 nitrogen and oxygen atoms in total. The second-order valence-corrected chi connectivity index (χ2v) is 10.7. The number of nitrogens with one attached hydrogen (secondary N) is 3. The predicted molar refractivity (Wildman–Crippen MR) is 135 cm³/mol. The van der Waals surface area contributed by atoms with E-state index in [1.54, 1.807) is 56.3 Å². The molecule has 0 heterocycles. The first-order valence-electron chi connectivity index (χ1n) is 11.2. The van der Waals surface area contributed by atoms with Gasteiger partial charge in [0.15, 0.2) is 6.54 Å². The van der Waals surface area contributed by atoms with E-state index in [1.165, 1.54) is 0 Å². The second-order valence-electron chi connectivity index (χ2n) is 9.09. The maximum Gasteiger partial charge on any atom is 0.361 e. The monoisotopic (exact) mass is 570 g/mol. The van der Waals surface area contributed by atoms with E-state index in [4.69, 9.17) is 4.74 Å². The minimum absolute atomic E-state index is 0. The number of esters is 1. The Morgan fingerprint density at radius 2 is 1.49 bits per heavy atom. The Balaban J connectivity index is 0.00000342. The van der Waals surface area contributed by atoms with Crippen molar-refractivity contribution >= 4 is 49.7 Å². The highest BCUT2D eigenvalue weighted by Crippen LogP contribution is 2.29. The molecule has 0 saturated carbocycles. The summed E-state index contributed by atoms with van der Waals surface area (Å²) in [6.45, 7) is 3.24. The number of ether oxygens (including phenoxy) is 1. The maximum atomic E-state index is 13.2. The summed E-state index contributed by atoms with van der Waals surface area (Å²) < 4.78 is 34.1. The van der Waals surface area contributed by atoms with Crippen LogP contribution in [0.1, 0.15) is 13.8 Å². The van der Waals surface area contributed by atoms with E-state index in [9.17, 15) is 18.0 Å². The number of halogens is 2. The van der Waals surface area contributed by atoms with Crippen LogP contribution in [0.25, 0.3) is 10.8 Å². The van der Waals surface area contributed by atoms with Gasteiger partial charge in [0.25, 0.3) is 10.0 Å². The smallest absolute Gasteiger partial charge is 0.361 e. The van der Waals surface area contributed by atoms with Crippen molar-refractivity contribution < 1.29 is 58.2 Å². The number of carbonyl (C=O) groups is 2. The fraction of sp³-hybridized carbons (Fsp3) is 0.280. The molecule has 3 aromatic carbocycles. The molecular formula is C25H32Cl2N4O5S. The number of amides is 1. The van der Waals surface area contributed by atoms with E-state index in [1.807, 2.05) is 32.3 Å². The molecule has 0 aliphatic rings. The first-order chi connectivity index (χ1) is 16.4. The van der Waals surface area contributed by atoms with Gasteiger partial charge in [-0.05, 0) is 56.3 Å². The van der Waals surface area contributed by atoms with Gasteiger partial charge in [-0.3, -0.25) is 9.52 Å². The normalized spacial score (nSPS) is 11.3. The lowest BCUT2D eigenvalue weighted by molar-refractivity contribution is -0.785. The zero-order chi connectivity index (χ0) is 25.8. The van der Waals surface area contributed by atoms with Crippen molar-refractivity contribution in [2.24, 2.45) is 5.41 Å². The van der Waals surface area contributed by atoms with E-state index < -0.39 is 21.4 Å². The van der Waals surface area contributed by atoms with Gasteiger partial charge in [-0.25, -0.2) is 13.2 Å². The molecule has 0 radical (unpaired) electrons. The third-order valence-electron chi connectivity index (χ3n) is 5.52. The number of anilines is 2. The van der Waals surface area contributed by atoms with Gasteiger partial charge in [-0.1, -0.05) is 18.2 Å². The molecule has 6 N–H and O–H groups in total. The summed E-state index contributed by atoms with van der Waals surface area (Å²) in [5.41, 5.74) is 4.35. The molecule has 0 bridgehead atoms. The van der Waals surface area contributed by atoms with Crippen molar-refractivity contribution in [3.63, 3.8) is 0 Å². The lowest BCUT2D eigenvalue weighted by Gasteiger charge is -2.23. The number of fused-ring (bicyclic) bond motifs is 1. The number of quaternary nitrogens is 2. The highest BCUT2D eigenvalue weighted by Gasteiger charge is 2.30. The van der Waals surface area contributed by atoms with Crippen LogP contribution in [0.2, 0.25) is 0 Å². The minimum Gasteiger partial charge on any atom is -1.00 e. The summed E-state index contributed by atoms with van der Waals surface area (Å²) in [6.07, 6.45) is 0. The standard InChI is InChI=1S/C25H30N4O5S.2ClH/c1-25(2,16-34-23(30)15-26)24(31)27-17-11-13-18(14-12-17)28-35(32,33)22-10-6-7-19-20(22)8-5-9-21(19)29(3)4;;/h5-14,28H,15-16,26H2,1-4H3,(H,27,31);2*1H. The van der Waals surface area contributed by atoms with E-state index in [2.05, 4.69) is 15.8 Å². The van der Waals surface area contributed by atoms with Gasteiger partial charge in [0.2, 0.25) is 5.91 Å². The fourth-order valence-corrected chi connectivity index (χ4v) is 4.76. The van der Waals surface area contributed by atoms with Crippen LogP contribution in [0.3, 0.4) is 0 Å². The molecule has 202 valence electrons. The Bertz CT molecular complexity index is 1350. The van der Waals surface area contributed by atoms with Crippen LogP contribution in [0, 0.1) is 5.41 Å². The molecule has 0 spiro atoms. The highest BCUT2D eigenvalue weighted by atomic mass is 35.5. The number of hydrogen-bond acceptors (Lipinski definition) is 5. The summed E-state index contributed by atoms with van der Waals surface area (Å²) in [7, 11) is 0.122. The summed E-state index contributed by atoms with van der Waals surface area (Å²) in [5, 5.41) is 4.28. The molecule has 3 aromatic rings. The molecule has 0 aromatic heterocycles. The summed E-state index contributed by atoms with van der Waals surface area (Å²) >= 11 is 0. The first kappa shape index (κ1) is 32.1. The number of carbonyl (C=O) groups excluding carboxylic acids is 2. The topological polar surface area (TPSA) is 134 Å². The quantitative estimate of drug-likeness (QED) is 0.191. The van der Waals surface area contributed by atoms with Crippen molar-refractivity contribution in [3.05, 3.63) is 60.7 Å². The lowest BCUT2D eigenvalue weighted by Crippen LogP contribution is -3.00. The van der Waals surface area contributed by atoms with E-state index in [0.29, 0.717) is 16.8 Å². The molecule has 0 atom stereocenters. The van der Waals surface area contributed by atoms with Crippen molar-refractivity contribution in [2.45, 2.75) is 18.7 Å². The van der Waals surface area contributed by atoms with Gasteiger partial charge >= 0.3 is 5.97 Å². The Kier molecular flexibility index (Phi) is 11.4. The van der Waals surface area contributed by atoms with Gasteiger partial charge in [-0.2, -0.15) is 0 Å². The summed E-state index contributed by atoms with van der Waals surface area (Å²) in [6, 6.07) is 17.2. The van der Waals surface area contributed by atoms with Crippen LogP contribution in [0.15, 0.2) is 65.6 Å². The van der Waals surface area contributed by atoms with Crippen molar-refractivity contribution in [3.8, 4) is 0 Å². The van der Waals surface area contributed by atoms with E-state index >= 15 is 0 Å². The largest absolute Gasteiger partial charge is 1.00 e. The summed E-state index contributed by atoms with van der Waals surface area (Å²) in [5.74, 6) is -0.815. The average Bonchev–Trinajstić information content (AvgIpc) is 2.82. The maximum absolute atomic E-state index is 13.2. The van der Waals surface area contributed by atoms with Crippen molar-refractivity contribution in [1.82, 2.24) is 0 Å². The Labute approximate surface area is 229 Å². The SMILES string of the molecule is C[NH+](C)c1cccc2c(S(=O)(=O)Nc3ccc(NC(=O)C(C)(C)COC(=O)C[NH3+])cc3)cccc12.[Cl-].[Cl-]. The molecule has 0 saturated heterocycles. The molecule has 0 unspecified atom stereocenters. The van der Waals surface area contributed by atoms with Crippen molar-refractivity contribution in [1.29, 1.82) is 0 Å². The lowest BCUT2D eigenvalue weighted by atomic mass is 9.93. The molecule has 0 fully saturated rings. The van der Waals surface area contributed by atoms with Gasteiger partial charge in [0.05, 0.1) is 24.4 Å². The van der Waals surface area contributed by atoms with Gasteiger partial charge in [0, 0.05) is 22.1 Å². The third-order valence-corrected chi connectivity index (χ3v) is 6.96. The number of sulfonamides is 1. The predicted octanol–water partition coefficient (Wildman–Crippen LogP) is -4.83. The zero-order valence-electron chi connectivity index (χ0n) is 21.1. The van der Waals surface area contributed by atoms with Crippen molar-refractivity contribution in [2.75, 3.05) is 37.3 Å². The van der Waals surface area contributed by atoms with E-state index in [-0.39, 0.29) is 48.8 Å². The van der Waals surface area contributed by atoms with E-state index in [0.717, 1.165) is 16.0 Å². The molecule has 1 amide bonds. The molecular weight excluding hydrogens is 539 g/mol. The molecule has 0 aliphatic heterocycles. The second kappa shape index (κ2) is 13.1. The van der Waals surface area contributed by atoms with Crippen LogP contribution in [-0.2, 0) is 24.3 Å². The molecule has 37 heavy (non-hydrogen) atoms.